The van der Waals surface area contributed by atoms with E-state index in [0.717, 1.165) is 33.0 Å². The van der Waals surface area contributed by atoms with Crippen molar-refractivity contribution in [2.75, 3.05) is 28.4 Å². The first-order valence-electron chi connectivity index (χ1n) is 7.70. The molecule has 0 aliphatic rings. The Morgan fingerprint density at radius 3 is 1.46 bits per heavy atom. The molecule has 1 heterocycles. The lowest BCUT2D eigenvalue weighted by Crippen LogP contribution is -2.17. The average molecular weight is 410 g/mol. The second-order valence-corrected chi connectivity index (χ2v) is 5.61. The number of hydrogen-bond acceptors (Lipinski definition) is 8. The van der Waals surface area contributed by atoms with Crippen LogP contribution in [0.5, 0.6) is 0 Å². The Balaban J connectivity index is 3.16. The summed E-state index contributed by atoms with van der Waals surface area (Å²) in [5, 5.41) is 0.126. The molecule has 28 heavy (non-hydrogen) atoms. The number of rotatable bonds is 5. The third-order valence-electron chi connectivity index (χ3n) is 3.80. The minimum absolute atomic E-state index is 0.126. The molecular weight excluding hydrogens is 394 g/mol. The van der Waals surface area contributed by atoms with Crippen molar-refractivity contribution in [1.29, 1.82) is 0 Å². The SMILES string of the molecule is COC(=O)c1c(C(=O)OC)c(C(=O)OC)n(-c2ccccc2Cl)c1C(=O)OC. The first-order chi connectivity index (χ1) is 13.3. The van der Waals surface area contributed by atoms with Gasteiger partial charge in [-0.3, -0.25) is 4.57 Å². The molecule has 0 radical (unpaired) electrons. The molecule has 0 fully saturated rings. The van der Waals surface area contributed by atoms with Gasteiger partial charge in [-0.15, -0.1) is 0 Å². The molecule has 10 heteroatoms. The number of halogens is 1. The van der Waals surface area contributed by atoms with Crippen LogP contribution in [-0.4, -0.2) is 56.9 Å². The highest BCUT2D eigenvalue weighted by molar-refractivity contribution is 6.32. The number of carbonyl (C=O) groups is 4. The van der Waals surface area contributed by atoms with E-state index in [0.29, 0.717) is 0 Å². The lowest BCUT2D eigenvalue weighted by atomic mass is 10.1. The predicted molar refractivity (Wildman–Crippen MR) is 96.1 cm³/mol. The van der Waals surface area contributed by atoms with Gasteiger partial charge in [0.05, 0.1) is 39.1 Å². The number of nitrogens with zero attached hydrogens (tertiary/aromatic N) is 1. The van der Waals surface area contributed by atoms with Gasteiger partial charge < -0.3 is 18.9 Å². The zero-order valence-electron chi connectivity index (χ0n) is 15.4. The largest absolute Gasteiger partial charge is 0.465 e. The number of methoxy groups -OCH3 is 4. The Labute approximate surface area is 164 Å². The molecular formula is C18H16ClNO8. The van der Waals surface area contributed by atoms with E-state index in [1.54, 1.807) is 12.1 Å². The van der Waals surface area contributed by atoms with Gasteiger partial charge in [-0.1, -0.05) is 23.7 Å². The lowest BCUT2D eigenvalue weighted by Gasteiger charge is -2.13. The van der Waals surface area contributed by atoms with Crippen LogP contribution in [0.15, 0.2) is 24.3 Å². The summed E-state index contributed by atoms with van der Waals surface area (Å²) < 4.78 is 19.9. The van der Waals surface area contributed by atoms with E-state index in [9.17, 15) is 19.2 Å². The van der Waals surface area contributed by atoms with Crippen molar-refractivity contribution in [3.63, 3.8) is 0 Å². The van der Waals surface area contributed by atoms with E-state index in [1.807, 2.05) is 0 Å². The maximum absolute atomic E-state index is 12.5. The van der Waals surface area contributed by atoms with Crippen molar-refractivity contribution in [3.05, 3.63) is 51.8 Å². The summed E-state index contributed by atoms with van der Waals surface area (Å²) in [5.74, 6) is -4.14. The number of hydrogen-bond donors (Lipinski definition) is 0. The van der Waals surface area contributed by atoms with Crippen LogP contribution in [0.4, 0.5) is 0 Å². The topological polar surface area (TPSA) is 110 Å². The second kappa shape index (κ2) is 8.57. The summed E-state index contributed by atoms with van der Waals surface area (Å²) in [4.78, 5) is 50.0. The van der Waals surface area contributed by atoms with Gasteiger partial charge in [0, 0.05) is 0 Å². The van der Waals surface area contributed by atoms with E-state index in [4.69, 9.17) is 30.5 Å². The zero-order chi connectivity index (χ0) is 21.0. The lowest BCUT2D eigenvalue weighted by molar-refractivity contribution is 0.0530. The van der Waals surface area contributed by atoms with Crippen molar-refractivity contribution in [2.24, 2.45) is 0 Å². The number of para-hydroxylation sites is 1. The van der Waals surface area contributed by atoms with Crippen molar-refractivity contribution < 1.29 is 38.1 Å². The molecule has 0 spiro atoms. The highest BCUT2D eigenvalue weighted by Crippen LogP contribution is 2.32. The van der Waals surface area contributed by atoms with Crippen molar-refractivity contribution in [2.45, 2.75) is 0 Å². The number of aromatic nitrogens is 1. The third kappa shape index (κ3) is 3.44. The fourth-order valence-corrected chi connectivity index (χ4v) is 2.85. The minimum atomic E-state index is -1.06. The highest BCUT2D eigenvalue weighted by Gasteiger charge is 2.40. The van der Waals surface area contributed by atoms with E-state index in [2.05, 4.69) is 0 Å². The maximum atomic E-state index is 12.5. The van der Waals surface area contributed by atoms with Crippen LogP contribution in [0.2, 0.25) is 5.02 Å². The standard InChI is InChI=1S/C18H16ClNO8/c1-25-15(21)11-12(16(22)26-2)14(18(24)28-4)20(13(11)17(23)27-3)10-8-6-5-7-9(10)19/h5-8H,1-4H3. The first kappa shape index (κ1) is 21.0. The number of carbonyl (C=O) groups excluding carboxylic acids is 4. The van der Waals surface area contributed by atoms with Gasteiger partial charge in [0.1, 0.15) is 22.5 Å². The fourth-order valence-electron chi connectivity index (χ4n) is 2.63. The molecule has 2 rings (SSSR count). The van der Waals surface area contributed by atoms with Crippen molar-refractivity contribution in [1.82, 2.24) is 4.57 Å². The van der Waals surface area contributed by atoms with E-state index in [-0.39, 0.29) is 10.7 Å². The summed E-state index contributed by atoms with van der Waals surface area (Å²) >= 11 is 6.23. The van der Waals surface area contributed by atoms with Gasteiger partial charge in [-0.25, -0.2) is 19.2 Å². The summed E-state index contributed by atoms with van der Waals surface area (Å²) in [5.41, 5.74) is -1.78. The Bertz CT molecular complexity index is 909. The fraction of sp³-hybridized carbons (Fsp3) is 0.222. The number of ether oxygens (including phenoxy) is 4. The van der Waals surface area contributed by atoms with Crippen molar-refractivity contribution >= 4 is 35.5 Å². The minimum Gasteiger partial charge on any atom is -0.465 e. The Morgan fingerprint density at radius 2 is 1.11 bits per heavy atom. The normalized spacial score (nSPS) is 10.2. The molecule has 0 N–H and O–H groups in total. The van der Waals surface area contributed by atoms with E-state index >= 15 is 0 Å². The molecule has 0 aliphatic carbocycles. The molecule has 0 saturated carbocycles. The molecule has 1 aromatic heterocycles. The average Bonchev–Trinajstić information content (AvgIpc) is 3.07. The Kier molecular flexibility index (Phi) is 6.42. The quantitative estimate of drug-likeness (QED) is 0.546. The smallest absolute Gasteiger partial charge is 0.355 e. The van der Waals surface area contributed by atoms with Crippen LogP contribution in [0.3, 0.4) is 0 Å². The predicted octanol–water partition coefficient (Wildman–Crippen LogP) is 2.28. The van der Waals surface area contributed by atoms with Crippen LogP contribution in [0, 0.1) is 0 Å². The summed E-state index contributed by atoms with van der Waals surface area (Å²) in [6, 6.07) is 6.17. The molecule has 1 aromatic carbocycles. The number of benzene rings is 1. The van der Waals surface area contributed by atoms with Gasteiger partial charge in [0.15, 0.2) is 0 Å². The van der Waals surface area contributed by atoms with Gasteiger partial charge in [-0.2, -0.15) is 0 Å². The molecule has 0 aliphatic heterocycles. The Hall–Kier alpha value is -3.33. The van der Waals surface area contributed by atoms with Gasteiger partial charge in [-0.05, 0) is 12.1 Å². The number of esters is 4. The molecule has 9 nitrogen and oxygen atoms in total. The molecule has 0 saturated heterocycles. The maximum Gasteiger partial charge on any atom is 0.355 e. The molecule has 0 bridgehead atoms. The van der Waals surface area contributed by atoms with Crippen LogP contribution < -0.4 is 0 Å². The molecule has 2 aromatic rings. The monoisotopic (exact) mass is 409 g/mol. The van der Waals surface area contributed by atoms with Gasteiger partial charge in [0.25, 0.3) is 0 Å². The van der Waals surface area contributed by atoms with Crippen LogP contribution in [-0.2, 0) is 18.9 Å². The van der Waals surface area contributed by atoms with Crippen LogP contribution in [0.1, 0.15) is 41.7 Å². The molecule has 0 unspecified atom stereocenters. The van der Waals surface area contributed by atoms with E-state index in [1.165, 1.54) is 12.1 Å². The van der Waals surface area contributed by atoms with Gasteiger partial charge >= 0.3 is 23.9 Å². The molecule has 0 atom stereocenters. The molecule has 0 amide bonds. The van der Waals surface area contributed by atoms with Crippen LogP contribution in [0.25, 0.3) is 5.69 Å². The zero-order valence-corrected chi connectivity index (χ0v) is 16.2. The van der Waals surface area contributed by atoms with Crippen LogP contribution >= 0.6 is 11.6 Å². The summed E-state index contributed by atoms with van der Waals surface area (Å²) in [7, 11) is 4.25. The summed E-state index contributed by atoms with van der Waals surface area (Å²) in [6.07, 6.45) is 0. The Morgan fingerprint density at radius 1 is 0.714 bits per heavy atom. The highest BCUT2D eigenvalue weighted by atomic mass is 35.5. The first-order valence-corrected chi connectivity index (χ1v) is 8.08. The molecule has 148 valence electrons. The van der Waals surface area contributed by atoms with E-state index < -0.39 is 46.4 Å². The summed E-state index contributed by atoms with van der Waals surface area (Å²) in [6.45, 7) is 0. The third-order valence-corrected chi connectivity index (χ3v) is 4.12. The van der Waals surface area contributed by atoms with Crippen molar-refractivity contribution in [3.8, 4) is 5.69 Å². The second-order valence-electron chi connectivity index (χ2n) is 5.20. The van der Waals surface area contributed by atoms with Gasteiger partial charge in [0.2, 0.25) is 0 Å².